The van der Waals surface area contributed by atoms with Crippen LogP contribution in [-0.2, 0) is 27.7 Å². The van der Waals surface area contributed by atoms with Crippen LogP contribution in [-0.4, -0.2) is 51.8 Å². The van der Waals surface area contributed by atoms with Crippen molar-refractivity contribution in [3.8, 4) is 0 Å². The summed E-state index contributed by atoms with van der Waals surface area (Å²) >= 11 is 0. The Morgan fingerprint density at radius 3 is 2.48 bits per heavy atom. The van der Waals surface area contributed by atoms with E-state index in [9.17, 15) is 9.59 Å². The summed E-state index contributed by atoms with van der Waals surface area (Å²) < 4.78 is 12.1. The summed E-state index contributed by atoms with van der Waals surface area (Å²) in [6, 6.07) is -0.760. The van der Waals surface area contributed by atoms with E-state index in [1.165, 1.54) is 12.0 Å². The van der Waals surface area contributed by atoms with Crippen LogP contribution in [0.5, 0.6) is 0 Å². The minimum Gasteiger partial charge on any atom is -0.467 e. The van der Waals surface area contributed by atoms with Gasteiger partial charge in [0.2, 0.25) is 0 Å². The average molecular weight is 325 g/mol. The number of esters is 1. The molecule has 0 aliphatic rings. The number of aromatic nitrogens is 2. The van der Waals surface area contributed by atoms with Gasteiger partial charge in [-0.25, -0.2) is 14.6 Å². The second-order valence-electron chi connectivity index (χ2n) is 6.45. The summed E-state index contributed by atoms with van der Waals surface area (Å²) in [6.45, 7) is 7.72. The molecule has 1 heterocycles. The van der Waals surface area contributed by atoms with Crippen molar-refractivity contribution in [1.82, 2.24) is 14.5 Å². The fourth-order valence-corrected chi connectivity index (χ4v) is 2.16. The van der Waals surface area contributed by atoms with Gasteiger partial charge < -0.3 is 14.0 Å². The fraction of sp³-hybridized carbons (Fsp3) is 0.688. The van der Waals surface area contributed by atoms with Gasteiger partial charge in [0, 0.05) is 26.2 Å². The van der Waals surface area contributed by atoms with Crippen LogP contribution < -0.4 is 0 Å². The van der Waals surface area contributed by atoms with Crippen LogP contribution in [0.2, 0.25) is 0 Å². The Morgan fingerprint density at radius 1 is 1.39 bits per heavy atom. The third-order valence-corrected chi connectivity index (χ3v) is 3.10. The standard InChI is InChI=1S/C16H27N3O4/c1-7-8-19(15(21)23-16(2,3)4)13(14(20)22-6)9-12-10-18(5)11-17-12/h10-11,13H,7-9H2,1-6H3/t13-/m1/s1. The summed E-state index contributed by atoms with van der Waals surface area (Å²) in [5, 5.41) is 0. The SMILES string of the molecule is CCCN(C(=O)OC(C)(C)C)[C@H](Cc1cn(C)cn1)C(=O)OC. The van der Waals surface area contributed by atoms with E-state index in [0.29, 0.717) is 18.7 Å². The molecule has 0 bridgehead atoms. The maximum absolute atomic E-state index is 12.5. The van der Waals surface area contributed by atoms with Crippen LogP contribution in [0.25, 0.3) is 0 Å². The highest BCUT2D eigenvalue weighted by atomic mass is 16.6. The molecule has 1 amide bonds. The Labute approximate surface area is 137 Å². The molecule has 7 heteroatoms. The molecule has 0 N–H and O–H groups in total. The van der Waals surface area contributed by atoms with Gasteiger partial charge in [-0.3, -0.25) is 4.90 Å². The van der Waals surface area contributed by atoms with E-state index in [2.05, 4.69) is 4.98 Å². The molecule has 0 unspecified atom stereocenters. The van der Waals surface area contributed by atoms with Crippen molar-refractivity contribution in [2.24, 2.45) is 7.05 Å². The van der Waals surface area contributed by atoms with Crippen molar-refractivity contribution in [1.29, 1.82) is 0 Å². The highest BCUT2D eigenvalue weighted by Gasteiger charge is 2.33. The largest absolute Gasteiger partial charge is 0.467 e. The summed E-state index contributed by atoms with van der Waals surface area (Å²) in [6.07, 6.45) is 3.93. The second-order valence-corrected chi connectivity index (χ2v) is 6.45. The van der Waals surface area contributed by atoms with Crippen LogP contribution in [0.4, 0.5) is 4.79 Å². The molecule has 7 nitrogen and oxygen atoms in total. The van der Waals surface area contributed by atoms with E-state index in [4.69, 9.17) is 9.47 Å². The lowest BCUT2D eigenvalue weighted by Crippen LogP contribution is -2.49. The lowest BCUT2D eigenvalue weighted by atomic mass is 10.1. The third kappa shape index (κ3) is 5.92. The summed E-state index contributed by atoms with van der Waals surface area (Å²) in [5.74, 6) is -0.477. The van der Waals surface area contributed by atoms with Gasteiger partial charge in [-0.1, -0.05) is 6.92 Å². The summed E-state index contributed by atoms with van der Waals surface area (Å²) in [4.78, 5) is 30.3. The number of nitrogens with zero attached hydrogens (tertiary/aromatic N) is 3. The molecule has 1 atom stereocenters. The number of carbonyl (C=O) groups is 2. The van der Waals surface area contributed by atoms with Gasteiger partial charge in [0.05, 0.1) is 19.1 Å². The van der Waals surface area contributed by atoms with Crippen molar-refractivity contribution < 1.29 is 19.1 Å². The molecule has 1 rings (SSSR count). The number of ether oxygens (including phenoxy) is 2. The van der Waals surface area contributed by atoms with Crippen molar-refractivity contribution in [3.63, 3.8) is 0 Å². The predicted octanol–water partition coefficient (Wildman–Crippen LogP) is 2.15. The Bertz CT molecular complexity index is 534. The zero-order valence-corrected chi connectivity index (χ0v) is 14.8. The number of rotatable bonds is 6. The lowest BCUT2D eigenvalue weighted by Gasteiger charge is -2.31. The molecule has 0 aliphatic carbocycles. The highest BCUT2D eigenvalue weighted by Crippen LogP contribution is 2.16. The Kier molecular flexibility index (Phi) is 6.60. The molecule has 130 valence electrons. The molecule has 1 aromatic rings. The number of carbonyl (C=O) groups excluding carboxylic acids is 2. The van der Waals surface area contributed by atoms with Crippen LogP contribution in [0.15, 0.2) is 12.5 Å². The number of hydrogen-bond acceptors (Lipinski definition) is 5. The molecule has 0 saturated carbocycles. The molecule has 0 radical (unpaired) electrons. The smallest absolute Gasteiger partial charge is 0.411 e. The highest BCUT2D eigenvalue weighted by molar-refractivity contribution is 5.81. The number of aryl methyl sites for hydroxylation is 1. The van der Waals surface area contributed by atoms with Crippen LogP contribution in [0.1, 0.15) is 39.8 Å². The zero-order chi connectivity index (χ0) is 17.6. The molecule has 0 aromatic carbocycles. The van der Waals surface area contributed by atoms with Gasteiger partial charge in [-0.05, 0) is 27.2 Å². The van der Waals surface area contributed by atoms with E-state index >= 15 is 0 Å². The second kappa shape index (κ2) is 7.99. The molecule has 1 aromatic heterocycles. The summed E-state index contributed by atoms with van der Waals surface area (Å²) in [5.41, 5.74) is 0.0851. The first-order valence-corrected chi connectivity index (χ1v) is 7.72. The van der Waals surface area contributed by atoms with Crippen LogP contribution in [0, 0.1) is 0 Å². The van der Waals surface area contributed by atoms with Crippen molar-refractivity contribution >= 4 is 12.1 Å². The first-order chi connectivity index (χ1) is 10.7. The van der Waals surface area contributed by atoms with E-state index in [0.717, 1.165) is 0 Å². The maximum atomic E-state index is 12.5. The van der Waals surface area contributed by atoms with E-state index in [1.807, 2.05) is 20.2 Å². The molecular formula is C16H27N3O4. The Balaban J connectivity index is 3.02. The number of methoxy groups -OCH3 is 1. The Morgan fingerprint density at radius 2 is 2.04 bits per heavy atom. The van der Waals surface area contributed by atoms with E-state index in [1.54, 1.807) is 31.7 Å². The molecule has 0 saturated heterocycles. The molecule has 23 heavy (non-hydrogen) atoms. The van der Waals surface area contributed by atoms with Gasteiger partial charge >= 0.3 is 12.1 Å². The minimum atomic E-state index is -0.760. The van der Waals surface area contributed by atoms with Gasteiger partial charge in [0.15, 0.2) is 0 Å². The predicted molar refractivity (Wildman–Crippen MR) is 85.9 cm³/mol. The molecular weight excluding hydrogens is 298 g/mol. The number of hydrogen-bond donors (Lipinski definition) is 0. The van der Waals surface area contributed by atoms with E-state index in [-0.39, 0.29) is 6.42 Å². The Hall–Kier alpha value is -2.05. The van der Waals surface area contributed by atoms with Gasteiger partial charge in [0.1, 0.15) is 11.6 Å². The van der Waals surface area contributed by atoms with Crippen LogP contribution >= 0.6 is 0 Å². The minimum absolute atomic E-state index is 0.284. The first-order valence-electron chi connectivity index (χ1n) is 7.72. The molecule has 0 spiro atoms. The quantitative estimate of drug-likeness (QED) is 0.749. The normalized spacial score (nSPS) is 12.6. The third-order valence-electron chi connectivity index (χ3n) is 3.10. The van der Waals surface area contributed by atoms with Crippen molar-refractivity contribution in [2.45, 2.75) is 52.2 Å². The van der Waals surface area contributed by atoms with Crippen LogP contribution in [0.3, 0.4) is 0 Å². The molecule has 0 fully saturated rings. The van der Waals surface area contributed by atoms with Gasteiger partial charge in [-0.15, -0.1) is 0 Å². The number of amides is 1. The zero-order valence-electron chi connectivity index (χ0n) is 14.8. The average Bonchev–Trinajstić information content (AvgIpc) is 2.85. The monoisotopic (exact) mass is 325 g/mol. The van der Waals surface area contributed by atoms with Gasteiger partial charge in [-0.2, -0.15) is 0 Å². The fourth-order valence-electron chi connectivity index (χ4n) is 2.16. The topological polar surface area (TPSA) is 73.7 Å². The number of imidazole rings is 1. The summed E-state index contributed by atoms with van der Waals surface area (Å²) in [7, 11) is 3.16. The lowest BCUT2D eigenvalue weighted by molar-refractivity contribution is -0.146. The van der Waals surface area contributed by atoms with Crippen molar-refractivity contribution in [3.05, 3.63) is 18.2 Å². The van der Waals surface area contributed by atoms with Gasteiger partial charge in [0.25, 0.3) is 0 Å². The molecule has 0 aliphatic heterocycles. The van der Waals surface area contributed by atoms with E-state index < -0.39 is 23.7 Å². The van der Waals surface area contributed by atoms with Crippen molar-refractivity contribution in [2.75, 3.05) is 13.7 Å². The maximum Gasteiger partial charge on any atom is 0.411 e. The first kappa shape index (κ1) is 19.0.